The van der Waals surface area contributed by atoms with Crippen LogP contribution in [0.15, 0.2) is 274 Å². The van der Waals surface area contributed by atoms with Gasteiger partial charge >= 0.3 is 6.18 Å². The van der Waals surface area contributed by atoms with Crippen molar-refractivity contribution in [2.24, 2.45) is 0 Å². The van der Waals surface area contributed by atoms with E-state index < -0.39 is 11.7 Å². The smallest absolute Gasteiger partial charge is 0.379 e. The summed E-state index contributed by atoms with van der Waals surface area (Å²) in [7, 11) is 0. The van der Waals surface area contributed by atoms with Crippen molar-refractivity contribution < 1.29 is 41.9 Å². The Labute approximate surface area is 808 Å². The van der Waals surface area contributed by atoms with Gasteiger partial charge in [-0.05, 0) is 230 Å². The zero-order valence-electron chi connectivity index (χ0n) is 81.1. The molecule has 716 valence electrons. The highest BCUT2D eigenvalue weighted by molar-refractivity contribution is 5.86. The number of ketones is 5. The van der Waals surface area contributed by atoms with Crippen molar-refractivity contribution in [2.75, 3.05) is 32.8 Å². The first-order valence-corrected chi connectivity index (χ1v) is 47.9. The van der Waals surface area contributed by atoms with Gasteiger partial charge in [-0.3, -0.25) is 28.9 Å². The fraction of sp³-hybridized carbons (Fsp3) is 0.336. The Kier molecular flexibility index (Phi) is 38.6. The van der Waals surface area contributed by atoms with E-state index in [-0.39, 0.29) is 52.7 Å². The summed E-state index contributed by atoms with van der Waals surface area (Å²) in [4.78, 5) is 64.3. The Morgan fingerprint density at radius 3 is 0.812 bits per heavy atom. The number of aromatic nitrogens is 15. The average molecular weight is 1860 g/mol. The monoisotopic (exact) mass is 1860 g/mol. The van der Waals surface area contributed by atoms with Gasteiger partial charge in [0.2, 0.25) is 0 Å². The molecule has 1 saturated heterocycles. The van der Waals surface area contributed by atoms with Crippen LogP contribution in [-0.2, 0) is 130 Å². The molecule has 15 aromatic rings. The van der Waals surface area contributed by atoms with E-state index in [1.54, 1.807) is 30.9 Å². The number of alkyl halides is 3. The fourth-order valence-corrected chi connectivity index (χ4v) is 15.8. The van der Waals surface area contributed by atoms with Crippen LogP contribution in [-0.4, -0.2) is 142 Å². The Bertz CT molecular complexity index is 6230. The molecular formula is C113H127F3N16O6. The van der Waals surface area contributed by atoms with Gasteiger partial charge < -0.3 is 4.74 Å². The SMILES string of the molecule is CCCCc1cn(-c2ccc(CC(=O)Cc3ccccc3C(F)(F)F)cc2)nn1.CCCCc1cn(-c2ccc(CC(=O)Cc3ccccc3C)cc2)nn1.CCCCc1cn(-c2ccc(CC(=O)Cc3ccccc3C)cc2)nn1.Cc1ccccc1CC(=O)Cc1ccc(-n2cc(C(C)(C)C)nn2)cc1.Cc1ccccc1CC(=O)Cc1ccc(-n2cc(CCCN3CCOCC3)nn2)cc1. The molecule has 0 spiro atoms. The van der Waals surface area contributed by atoms with Crippen LogP contribution >= 0.6 is 0 Å². The molecule has 6 heterocycles. The molecule has 25 heteroatoms. The van der Waals surface area contributed by atoms with E-state index in [2.05, 4.69) is 98.0 Å². The Morgan fingerprint density at radius 1 is 0.304 bits per heavy atom. The maximum atomic E-state index is 13.1. The third-order valence-corrected chi connectivity index (χ3v) is 24.1. The van der Waals surface area contributed by atoms with Crippen LogP contribution in [0, 0.1) is 27.7 Å². The molecular weight excluding hydrogens is 1730 g/mol. The number of benzene rings is 10. The molecule has 1 fully saturated rings. The third-order valence-electron chi connectivity index (χ3n) is 24.1. The summed E-state index contributed by atoms with van der Waals surface area (Å²) in [6.45, 7) is 25.8. The number of ether oxygens (including phenoxy) is 1. The first-order chi connectivity index (χ1) is 66.7. The summed E-state index contributed by atoms with van der Waals surface area (Å²) in [5, 5.41) is 42.1. The molecule has 16 rings (SSSR count). The molecule has 0 atom stereocenters. The maximum absolute atomic E-state index is 13.1. The summed E-state index contributed by atoms with van der Waals surface area (Å²) in [6, 6.07) is 76.6. The quantitative estimate of drug-likeness (QED) is 0.0349. The number of hydrogen-bond donors (Lipinski definition) is 0. The van der Waals surface area contributed by atoms with Crippen LogP contribution in [0.4, 0.5) is 13.2 Å². The van der Waals surface area contributed by atoms with E-state index in [1.807, 2.05) is 270 Å². The van der Waals surface area contributed by atoms with Crippen molar-refractivity contribution in [1.82, 2.24) is 79.9 Å². The predicted octanol–water partition coefficient (Wildman–Crippen LogP) is 21.0. The first kappa shape index (κ1) is 103. The van der Waals surface area contributed by atoms with Gasteiger partial charge in [-0.25, -0.2) is 23.4 Å². The van der Waals surface area contributed by atoms with Gasteiger partial charge in [-0.15, -0.1) is 25.5 Å². The van der Waals surface area contributed by atoms with Crippen LogP contribution in [0.1, 0.15) is 198 Å². The minimum atomic E-state index is -4.47. The van der Waals surface area contributed by atoms with Crippen molar-refractivity contribution in [3.05, 3.63) is 386 Å². The lowest BCUT2D eigenvalue weighted by molar-refractivity contribution is -0.138. The summed E-state index contributed by atoms with van der Waals surface area (Å²) in [5.41, 5.74) is 22.7. The summed E-state index contributed by atoms with van der Waals surface area (Å²) in [5.74, 6) is 0.648. The topological polar surface area (TPSA) is 251 Å². The zero-order chi connectivity index (χ0) is 97.8. The lowest BCUT2D eigenvalue weighted by Crippen LogP contribution is -2.36. The van der Waals surface area contributed by atoms with Crippen molar-refractivity contribution in [3.63, 3.8) is 0 Å². The minimum Gasteiger partial charge on any atom is -0.379 e. The van der Waals surface area contributed by atoms with Gasteiger partial charge in [0.1, 0.15) is 28.9 Å². The van der Waals surface area contributed by atoms with E-state index in [0.717, 1.165) is 228 Å². The second-order valence-corrected chi connectivity index (χ2v) is 36.4. The number of rotatable bonds is 38. The van der Waals surface area contributed by atoms with Gasteiger partial charge in [0.25, 0.3) is 0 Å². The van der Waals surface area contributed by atoms with Crippen molar-refractivity contribution in [3.8, 4) is 28.4 Å². The van der Waals surface area contributed by atoms with Crippen LogP contribution in [0.3, 0.4) is 0 Å². The van der Waals surface area contributed by atoms with Crippen molar-refractivity contribution >= 4 is 28.9 Å². The first-order valence-electron chi connectivity index (χ1n) is 47.9. The number of carbonyl (C=O) groups excluding carboxylic acids is 5. The molecule has 0 radical (unpaired) electrons. The van der Waals surface area contributed by atoms with Gasteiger partial charge in [0.05, 0.1) is 107 Å². The van der Waals surface area contributed by atoms with Crippen LogP contribution in [0.25, 0.3) is 28.4 Å². The van der Waals surface area contributed by atoms with Gasteiger partial charge in [0, 0.05) is 82.7 Å². The van der Waals surface area contributed by atoms with E-state index in [0.29, 0.717) is 51.4 Å². The number of hydrogen-bond acceptors (Lipinski definition) is 17. The van der Waals surface area contributed by atoms with E-state index in [4.69, 9.17) is 4.74 Å². The zero-order valence-corrected chi connectivity index (χ0v) is 81.1. The molecule has 0 bridgehead atoms. The Balaban J connectivity index is 0.000000155. The minimum absolute atomic E-state index is 0.00356. The van der Waals surface area contributed by atoms with E-state index in [9.17, 15) is 37.1 Å². The van der Waals surface area contributed by atoms with Gasteiger partial charge in [0.15, 0.2) is 0 Å². The standard InChI is InChI=1S/C25H30N4O2.C22H22F3N3O.3C22H25N3O/c1-20-5-2-3-6-22(20)18-25(30)17-21-8-10-24(11-9-21)29-19-23(26-27-29)7-4-12-28-13-15-31-16-14-28;1-2-3-7-18-15-28(27-26-18)19-11-9-16(10-12-19)13-20(29)14-17-6-4-5-8-21(17)22(23,24)25;1-16-7-5-6-8-18(16)14-20(26)13-17-9-11-19(12-10-17)25-15-21(23-24-25)22(2,3)4;2*1-3-4-9-20-16-25(24-23-20)21-12-10-18(11-13-21)14-22(26)15-19-8-6-5-7-17(19)2/h2-3,5-6,8-11,19H,4,7,12-18H2,1H3;4-6,8-12,15H,2-3,7,13-14H2,1H3;5-12,15H,13-14H2,1-4H3;2*5-8,10-13,16H,3-4,9,14-15H2,1-2H3. The van der Waals surface area contributed by atoms with Gasteiger partial charge in [-0.1, -0.05) is 263 Å². The number of unbranched alkanes of at least 4 members (excludes halogenated alkanes) is 3. The highest BCUT2D eigenvalue weighted by Crippen LogP contribution is 2.33. The molecule has 138 heavy (non-hydrogen) atoms. The largest absolute Gasteiger partial charge is 0.416 e. The molecule has 1 aliphatic rings. The summed E-state index contributed by atoms with van der Waals surface area (Å²) < 4.78 is 53.5. The van der Waals surface area contributed by atoms with Crippen LogP contribution in [0.2, 0.25) is 0 Å². The average Bonchev–Trinajstić information content (AvgIpc) is 1.74. The molecule has 1 aliphatic heterocycles. The molecule has 0 unspecified atom stereocenters. The van der Waals surface area contributed by atoms with Crippen LogP contribution < -0.4 is 0 Å². The number of nitrogens with zero attached hydrogens (tertiary/aromatic N) is 16. The normalized spacial score (nSPS) is 12.0. The molecule has 0 amide bonds. The highest BCUT2D eigenvalue weighted by atomic mass is 19.4. The second-order valence-electron chi connectivity index (χ2n) is 36.4. The molecule has 0 N–H and O–H groups in total. The molecule has 22 nitrogen and oxygen atoms in total. The Hall–Kier alpha value is -14.0. The van der Waals surface area contributed by atoms with Crippen LogP contribution in [0.5, 0.6) is 0 Å². The molecule has 5 aromatic heterocycles. The Morgan fingerprint density at radius 2 is 0.551 bits per heavy atom. The third kappa shape index (κ3) is 32.6. The van der Waals surface area contributed by atoms with Crippen molar-refractivity contribution in [1.29, 1.82) is 0 Å². The maximum Gasteiger partial charge on any atom is 0.416 e. The molecule has 0 aliphatic carbocycles. The highest BCUT2D eigenvalue weighted by Gasteiger charge is 2.33. The number of aryl methyl sites for hydroxylation is 8. The predicted molar refractivity (Wildman–Crippen MR) is 535 cm³/mol. The lowest BCUT2D eigenvalue weighted by Gasteiger charge is -2.26. The van der Waals surface area contributed by atoms with Crippen molar-refractivity contribution in [2.45, 2.75) is 216 Å². The lowest BCUT2D eigenvalue weighted by atomic mass is 9.93. The van der Waals surface area contributed by atoms with Gasteiger partial charge in [-0.2, -0.15) is 13.2 Å². The number of Topliss-reactive ketones (excluding diaryl/α,β-unsaturated/α-hetero) is 5. The number of carbonyl (C=O) groups is 5. The van der Waals surface area contributed by atoms with E-state index in [1.165, 1.54) is 29.3 Å². The summed E-state index contributed by atoms with van der Waals surface area (Å²) >= 11 is 0. The van der Waals surface area contributed by atoms with E-state index >= 15 is 0 Å². The molecule has 0 saturated carbocycles. The number of morpholine rings is 1. The fourth-order valence-electron chi connectivity index (χ4n) is 15.8. The second kappa shape index (κ2) is 51.8. The molecule has 10 aromatic carbocycles. The number of halogens is 3. The summed E-state index contributed by atoms with van der Waals surface area (Å²) in [6.07, 6.45) is 20.3.